The second-order valence-electron chi connectivity index (χ2n) is 3.82. The van der Waals surface area contributed by atoms with Crippen LogP contribution in [0.5, 0.6) is 0 Å². The lowest BCUT2D eigenvalue weighted by atomic mass is 10.1. The number of hydrogen-bond acceptors (Lipinski definition) is 4. The Balaban J connectivity index is 2.15. The maximum absolute atomic E-state index is 11.5. The van der Waals surface area contributed by atoms with Crippen LogP contribution in [-0.4, -0.2) is 29.3 Å². The quantitative estimate of drug-likeness (QED) is 0.769. The topological polar surface area (TPSA) is 66.4 Å². The maximum Gasteiger partial charge on any atom is 0.308 e. The number of amides is 1. The molecule has 2 N–H and O–H groups in total. The van der Waals surface area contributed by atoms with Gasteiger partial charge in [0.1, 0.15) is 0 Å². The van der Waals surface area contributed by atoms with Crippen molar-refractivity contribution in [2.75, 3.05) is 12.3 Å². The van der Waals surface area contributed by atoms with Crippen LogP contribution in [0.1, 0.15) is 18.2 Å². The normalized spacial score (nSPS) is 12.1. The molecule has 0 bridgehead atoms. The molecular formula is C12H17NO3S2. The molecule has 6 heteroatoms. The molecule has 1 heterocycles. The summed E-state index contributed by atoms with van der Waals surface area (Å²) in [4.78, 5) is 23.5. The standard InChI is InChI=1S/C12H17NO3S2/c1-2-9(12(15)16)6-13-11(14)8-17-7-10-4-3-5-18-10/h3-5,9H,2,6-8H2,1H3,(H,13,14)(H,15,16). The molecule has 0 aliphatic carbocycles. The van der Waals surface area contributed by atoms with Crippen LogP contribution < -0.4 is 5.32 Å². The van der Waals surface area contributed by atoms with E-state index in [0.29, 0.717) is 12.2 Å². The fraction of sp³-hybridized carbons (Fsp3) is 0.500. The van der Waals surface area contributed by atoms with Gasteiger partial charge in [0.15, 0.2) is 0 Å². The van der Waals surface area contributed by atoms with E-state index in [4.69, 9.17) is 5.11 Å². The first-order valence-electron chi connectivity index (χ1n) is 5.73. The van der Waals surface area contributed by atoms with Crippen LogP contribution in [-0.2, 0) is 15.3 Å². The van der Waals surface area contributed by atoms with Crippen molar-refractivity contribution in [2.24, 2.45) is 5.92 Å². The Morgan fingerprint density at radius 2 is 2.33 bits per heavy atom. The summed E-state index contributed by atoms with van der Waals surface area (Å²) in [5.41, 5.74) is 0. The van der Waals surface area contributed by atoms with Crippen molar-refractivity contribution < 1.29 is 14.7 Å². The van der Waals surface area contributed by atoms with E-state index < -0.39 is 11.9 Å². The van der Waals surface area contributed by atoms with Crippen LogP contribution >= 0.6 is 23.1 Å². The minimum Gasteiger partial charge on any atom is -0.481 e. The molecule has 0 aliphatic heterocycles. The monoisotopic (exact) mass is 287 g/mol. The van der Waals surface area contributed by atoms with E-state index in [9.17, 15) is 9.59 Å². The second kappa shape index (κ2) is 8.16. The minimum absolute atomic E-state index is 0.101. The lowest BCUT2D eigenvalue weighted by Crippen LogP contribution is -2.33. The number of carbonyl (C=O) groups is 2. The van der Waals surface area contributed by atoms with E-state index in [0.717, 1.165) is 5.75 Å². The number of hydrogen-bond donors (Lipinski definition) is 2. The highest BCUT2D eigenvalue weighted by atomic mass is 32.2. The molecule has 1 unspecified atom stereocenters. The number of carboxylic acid groups (broad SMARTS) is 1. The Morgan fingerprint density at radius 1 is 1.56 bits per heavy atom. The molecule has 18 heavy (non-hydrogen) atoms. The molecule has 0 saturated carbocycles. The van der Waals surface area contributed by atoms with Gasteiger partial charge < -0.3 is 10.4 Å². The molecule has 1 amide bonds. The summed E-state index contributed by atoms with van der Waals surface area (Å²) < 4.78 is 0. The van der Waals surface area contributed by atoms with Crippen molar-refractivity contribution in [1.29, 1.82) is 0 Å². The number of carbonyl (C=O) groups excluding carboxylic acids is 1. The van der Waals surface area contributed by atoms with Gasteiger partial charge in [-0.25, -0.2) is 0 Å². The number of thioether (sulfide) groups is 1. The van der Waals surface area contributed by atoms with Crippen LogP contribution in [0.3, 0.4) is 0 Å². The van der Waals surface area contributed by atoms with E-state index >= 15 is 0 Å². The maximum atomic E-state index is 11.5. The Kier molecular flexibility index (Phi) is 6.82. The summed E-state index contributed by atoms with van der Waals surface area (Å²) in [7, 11) is 0. The van der Waals surface area contributed by atoms with E-state index in [1.165, 1.54) is 16.6 Å². The van der Waals surface area contributed by atoms with Gasteiger partial charge in [0, 0.05) is 17.2 Å². The molecule has 100 valence electrons. The zero-order valence-corrected chi connectivity index (χ0v) is 11.9. The zero-order valence-electron chi connectivity index (χ0n) is 10.2. The third-order valence-corrected chi connectivity index (χ3v) is 4.49. The minimum atomic E-state index is -0.857. The van der Waals surface area contributed by atoms with Crippen LogP contribution in [0, 0.1) is 5.92 Å². The van der Waals surface area contributed by atoms with Gasteiger partial charge >= 0.3 is 5.97 Å². The van der Waals surface area contributed by atoms with Crippen LogP contribution in [0.15, 0.2) is 17.5 Å². The summed E-state index contributed by atoms with van der Waals surface area (Å²) >= 11 is 3.21. The van der Waals surface area contributed by atoms with Gasteiger partial charge in [0.25, 0.3) is 0 Å². The fourth-order valence-corrected chi connectivity index (χ4v) is 3.03. The molecule has 0 aromatic carbocycles. The van der Waals surface area contributed by atoms with Crippen molar-refractivity contribution in [1.82, 2.24) is 5.32 Å². The third kappa shape index (κ3) is 5.55. The number of aliphatic carboxylic acids is 1. The molecule has 1 atom stereocenters. The van der Waals surface area contributed by atoms with Crippen molar-refractivity contribution in [3.8, 4) is 0 Å². The number of carboxylic acids is 1. The first-order valence-corrected chi connectivity index (χ1v) is 7.76. The van der Waals surface area contributed by atoms with Gasteiger partial charge in [0.2, 0.25) is 5.91 Å². The summed E-state index contributed by atoms with van der Waals surface area (Å²) in [6, 6.07) is 4.02. The van der Waals surface area contributed by atoms with Crippen LogP contribution in [0.4, 0.5) is 0 Å². The molecule has 0 spiro atoms. The molecular weight excluding hydrogens is 270 g/mol. The Labute approximate surface area is 115 Å². The van der Waals surface area contributed by atoms with Gasteiger partial charge in [-0.2, -0.15) is 0 Å². The summed E-state index contributed by atoms with van der Waals surface area (Å²) in [6.07, 6.45) is 0.526. The smallest absolute Gasteiger partial charge is 0.308 e. The molecule has 0 saturated heterocycles. The van der Waals surface area contributed by atoms with E-state index in [1.54, 1.807) is 18.3 Å². The predicted octanol–water partition coefficient (Wildman–Crippen LogP) is 2.21. The average molecular weight is 287 g/mol. The first kappa shape index (κ1) is 15.0. The molecule has 1 rings (SSSR count). The van der Waals surface area contributed by atoms with Gasteiger partial charge in [0.05, 0.1) is 11.7 Å². The highest BCUT2D eigenvalue weighted by Crippen LogP contribution is 2.16. The van der Waals surface area contributed by atoms with E-state index in [1.807, 2.05) is 17.5 Å². The Hall–Kier alpha value is -1.01. The molecule has 0 fully saturated rings. The van der Waals surface area contributed by atoms with Crippen molar-refractivity contribution in [3.63, 3.8) is 0 Å². The van der Waals surface area contributed by atoms with Gasteiger partial charge in [-0.15, -0.1) is 23.1 Å². The lowest BCUT2D eigenvalue weighted by Gasteiger charge is -2.10. The van der Waals surface area contributed by atoms with E-state index in [2.05, 4.69) is 5.32 Å². The Morgan fingerprint density at radius 3 is 2.89 bits per heavy atom. The number of thiophene rings is 1. The molecule has 4 nitrogen and oxygen atoms in total. The molecule has 0 radical (unpaired) electrons. The summed E-state index contributed by atoms with van der Waals surface area (Å²) in [5, 5.41) is 13.5. The number of nitrogens with one attached hydrogen (secondary N) is 1. The average Bonchev–Trinajstić information content (AvgIpc) is 2.82. The predicted molar refractivity (Wildman–Crippen MR) is 74.9 cm³/mol. The summed E-state index contributed by atoms with van der Waals surface area (Å²) in [5.74, 6) is -0.258. The van der Waals surface area contributed by atoms with Crippen LogP contribution in [0.2, 0.25) is 0 Å². The Bertz CT molecular complexity index is 379. The highest BCUT2D eigenvalue weighted by molar-refractivity contribution is 7.99. The van der Waals surface area contributed by atoms with Crippen molar-refractivity contribution in [2.45, 2.75) is 19.1 Å². The van der Waals surface area contributed by atoms with Gasteiger partial charge in [-0.05, 0) is 17.9 Å². The van der Waals surface area contributed by atoms with Gasteiger partial charge in [-0.1, -0.05) is 13.0 Å². The number of rotatable bonds is 8. The molecule has 1 aromatic rings. The third-order valence-electron chi connectivity index (χ3n) is 2.45. The first-order chi connectivity index (χ1) is 8.63. The van der Waals surface area contributed by atoms with Crippen molar-refractivity contribution >= 4 is 35.0 Å². The zero-order chi connectivity index (χ0) is 13.4. The fourth-order valence-electron chi connectivity index (χ4n) is 1.33. The highest BCUT2D eigenvalue weighted by Gasteiger charge is 2.15. The largest absolute Gasteiger partial charge is 0.481 e. The van der Waals surface area contributed by atoms with Gasteiger partial charge in [-0.3, -0.25) is 9.59 Å². The van der Waals surface area contributed by atoms with E-state index in [-0.39, 0.29) is 12.5 Å². The second-order valence-corrected chi connectivity index (χ2v) is 5.84. The molecule has 0 aliphatic rings. The van der Waals surface area contributed by atoms with Crippen LogP contribution in [0.25, 0.3) is 0 Å². The molecule has 1 aromatic heterocycles. The SMILES string of the molecule is CCC(CNC(=O)CSCc1cccs1)C(=O)O. The van der Waals surface area contributed by atoms with Crippen molar-refractivity contribution in [3.05, 3.63) is 22.4 Å². The lowest BCUT2D eigenvalue weighted by molar-refractivity contribution is -0.141. The summed E-state index contributed by atoms with van der Waals surface area (Å²) in [6.45, 7) is 2.01.